The molecule has 0 amide bonds. The highest BCUT2D eigenvalue weighted by molar-refractivity contribution is 6.31. The first-order valence-electron chi connectivity index (χ1n) is 5.73. The van der Waals surface area contributed by atoms with Crippen LogP contribution in [-0.2, 0) is 6.54 Å². The van der Waals surface area contributed by atoms with Gasteiger partial charge in [0.1, 0.15) is 5.82 Å². The van der Waals surface area contributed by atoms with E-state index in [0.717, 1.165) is 11.1 Å². The zero-order chi connectivity index (χ0) is 13.1. The van der Waals surface area contributed by atoms with E-state index in [1.54, 1.807) is 16.9 Å². The van der Waals surface area contributed by atoms with Gasteiger partial charge in [-0.1, -0.05) is 11.6 Å². The molecule has 5 heteroatoms. The van der Waals surface area contributed by atoms with Crippen LogP contribution in [0.15, 0.2) is 30.6 Å². The lowest BCUT2D eigenvalue weighted by Gasteiger charge is -2.07. The van der Waals surface area contributed by atoms with Crippen molar-refractivity contribution in [3.8, 4) is 0 Å². The Labute approximate surface area is 111 Å². The Morgan fingerprint density at radius 3 is 3.00 bits per heavy atom. The largest absolute Gasteiger partial charge is 0.313 e. The van der Waals surface area contributed by atoms with Gasteiger partial charge in [0.2, 0.25) is 0 Å². The number of hydrogen-bond donors (Lipinski definition) is 1. The lowest BCUT2D eigenvalue weighted by molar-refractivity contribution is 0.618. The molecule has 1 atom stereocenters. The molecule has 0 radical (unpaired) electrons. The number of aromatic nitrogens is 2. The SMILES string of the molecule is CNC(C)c1cnn(Cc2cc(F)ccc2Cl)c1. The smallest absolute Gasteiger partial charge is 0.123 e. The van der Waals surface area contributed by atoms with E-state index in [4.69, 9.17) is 11.6 Å². The fourth-order valence-electron chi connectivity index (χ4n) is 1.70. The monoisotopic (exact) mass is 267 g/mol. The second-order valence-corrected chi connectivity index (χ2v) is 4.62. The lowest BCUT2D eigenvalue weighted by Crippen LogP contribution is -2.11. The summed E-state index contributed by atoms with van der Waals surface area (Å²) < 4.78 is 14.9. The first kappa shape index (κ1) is 13.1. The molecule has 3 nitrogen and oxygen atoms in total. The Morgan fingerprint density at radius 1 is 1.50 bits per heavy atom. The number of nitrogens with zero attached hydrogens (tertiary/aromatic N) is 2. The van der Waals surface area contributed by atoms with Crippen LogP contribution in [0.4, 0.5) is 4.39 Å². The summed E-state index contributed by atoms with van der Waals surface area (Å²) in [5, 5.41) is 7.94. The van der Waals surface area contributed by atoms with E-state index < -0.39 is 0 Å². The van der Waals surface area contributed by atoms with Gasteiger partial charge in [0.15, 0.2) is 0 Å². The van der Waals surface area contributed by atoms with Crippen LogP contribution in [0.25, 0.3) is 0 Å². The summed E-state index contributed by atoms with van der Waals surface area (Å²) in [6.45, 7) is 2.52. The van der Waals surface area contributed by atoms with E-state index in [1.807, 2.05) is 13.2 Å². The molecule has 2 rings (SSSR count). The summed E-state index contributed by atoms with van der Waals surface area (Å²) in [7, 11) is 1.89. The molecule has 96 valence electrons. The molecular weight excluding hydrogens is 253 g/mol. The van der Waals surface area contributed by atoms with Crippen LogP contribution in [0.2, 0.25) is 5.02 Å². The van der Waals surface area contributed by atoms with Crippen molar-refractivity contribution in [2.75, 3.05) is 7.05 Å². The van der Waals surface area contributed by atoms with Crippen LogP contribution in [-0.4, -0.2) is 16.8 Å². The highest BCUT2D eigenvalue weighted by atomic mass is 35.5. The van der Waals surface area contributed by atoms with E-state index in [1.165, 1.54) is 12.1 Å². The predicted octanol–water partition coefficient (Wildman–Crippen LogP) is 3.00. The molecule has 0 spiro atoms. The second kappa shape index (κ2) is 5.50. The number of benzene rings is 1. The Kier molecular flexibility index (Phi) is 3.99. The fourth-order valence-corrected chi connectivity index (χ4v) is 1.87. The average molecular weight is 268 g/mol. The topological polar surface area (TPSA) is 29.9 Å². The molecule has 1 heterocycles. The Hall–Kier alpha value is -1.39. The Bertz CT molecular complexity index is 539. The number of halogens is 2. The first-order valence-corrected chi connectivity index (χ1v) is 6.11. The summed E-state index contributed by atoms with van der Waals surface area (Å²) in [4.78, 5) is 0. The standard InChI is InChI=1S/C13H15ClFN3/c1-9(16-2)11-6-17-18(8-11)7-10-5-12(15)3-4-13(10)14/h3-6,8-9,16H,7H2,1-2H3. The third-order valence-electron chi connectivity index (χ3n) is 2.93. The molecule has 0 aliphatic heterocycles. The second-order valence-electron chi connectivity index (χ2n) is 4.22. The van der Waals surface area contributed by atoms with Gasteiger partial charge in [-0.3, -0.25) is 4.68 Å². The molecule has 0 aliphatic rings. The summed E-state index contributed by atoms with van der Waals surface area (Å²) in [5.74, 6) is -0.287. The molecule has 1 N–H and O–H groups in total. The molecule has 18 heavy (non-hydrogen) atoms. The van der Waals surface area contributed by atoms with Crippen LogP contribution < -0.4 is 5.32 Å². The molecule has 0 fully saturated rings. The zero-order valence-electron chi connectivity index (χ0n) is 10.3. The first-order chi connectivity index (χ1) is 8.60. The van der Waals surface area contributed by atoms with Crippen LogP contribution >= 0.6 is 11.6 Å². The maximum absolute atomic E-state index is 13.1. The maximum Gasteiger partial charge on any atom is 0.123 e. The van der Waals surface area contributed by atoms with Crippen molar-refractivity contribution in [1.82, 2.24) is 15.1 Å². The van der Waals surface area contributed by atoms with E-state index in [2.05, 4.69) is 17.3 Å². The van der Waals surface area contributed by atoms with Crippen LogP contribution in [0.3, 0.4) is 0 Å². The van der Waals surface area contributed by atoms with Gasteiger partial charge in [0, 0.05) is 22.8 Å². The van der Waals surface area contributed by atoms with Crippen molar-refractivity contribution in [2.45, 2.75) is 19.5 Å². The van der Waals surface area contributed by atoms with E-state index in [9.17, 15) is 4.39 Å². The van der Waals surface area contributed by atoms with Gasteiger partial charge in [-0.15, -0.1) is 0 Å². The Morgan fingerprint density at radius 2 is 2.28 bits per heavy atom. The quantitative estimate of drug-likeness (QED) is 0.923. The van der Waals surface area contributed by atoms with E-state index in [0.29, 0.717) is 11.6 Å². The number of nitrogens with one attached hydrogen (secondary N) is 1. The minimum atomic E-state index is -0.287. The highest BCUT2D eigenvalue weighted by Gasteiger charge is 2.08. The summed E-state index contributed by atoms with van der Waals surface area (Å²) in [5.41, 5.74) is 1.81. The van der Waals surface area contributed by atoms with Gasteiger partial charge < -0.3 is 5.32 Å². The van der Waals surface area contributed by atoms with Crippen LogP contribution in [0, 0.1) is 5.82 Å². The van der Waals surface area contributed by atoms with Crippen LogP contribution in [0.5, 0.6) is 0 Å². The maximum atomic E-state index is 13.1. The summed E-state index contributed by atoms with van der Waals surface area (Å²) >= 11 is 6.02. The van der Waals surface area contributed by atoms with E-state index in [-0.39, 0.29) is 11.9 Å². The third-order valence-corrected chi connectivity index (χ3v) is 3.30. The third kappa shape index (κ3) is 2.89. The summed E-state index contributed by atoms with van der Waals surface area (Å²) in [6.07, 6.45) is 3.73. The van der Waals surface area contributed by atoms with Crippen LogP contribution in [0.1, 0.15) is 24.1 Å². The average Bonchev–Trinajstić information content (AvgIpc) is 2.81. The summed E-state index contributed by atoms with van der Waals surface area (Å²) in [6, 6.07) is 4.59. The molecular formula is C13H15ClFN3. The minimum Gasteiger partial charge on any atom is -0.313 e. The number of hydrogen-bond acceptors (Lipinski definition) is 2. The fraction of sp³-hybridized carbons (Fsp3) is 0.308. The number of rotatable bonds is 4. The van der Waals surface area contributed by atoms with Crippen molar-refractivity contribution in [3.05, 3.63) is 52.6 Å². The molecule has 0 bridgehead atoms. The van der Waals surface area contributed by atoms with Crippen molar-refractivity contribution in [1.29, 1.82) is 0 Å². The molecule has 2 aromatic rings. The molecule has 0 saturated carbocycles. The molecule has 0 aliphatic carbocycles. The minimum absolute atomic E-state index is 0.238. The zero-order valence-corrected chi connectivity index (χ0v) is 11.1. The molecule has 1 unspecified atom stereocenters. The normalized spacial score (nSPS) is 12.7. The Balaban J connectivity index is 2.18. The van der Waals surface area contributed by atoms with Crippen molar-refractivity contribution < 1.29 is 4.39 Å². The van der Waals surface area contributed by atoms with Crippen molar-refractivity contribution in [2.24, 2.45) is 0 Å². The molecule has 0 saturated heterocycles. The van der Waals surface area contributed by atoms with Gasteiger partial charge in [0.05, 0.1) is 12.7 Å². The van der Waals surface area contributed by atoms with Gasteiger partial charge in [-0.25, -0.2) is 4.39 Å². The van der Waals surface area contributed by atoms with Crippen molar-refractivity contribution >= 4 is 11.6 Å². The highest BCUT2D eigenvalue weighted by Crippen LogP contribution is 2.19. The predicted molar refractivity (Wildman–Crippen MR) is 70.2 cm³/mol. The van der Waals surface area contributed by atoms with Crippen molar-refractivity contribution in [3.63, 3.8) is 0 Å². The van der Waals surface area contributed by atoms with E-state index >= 15 is 0 Å². The van der Waals surface area contributed by atoms with Gasteiger partial charge in [-0.2, -0.15) is 5.10 Å². The van der Waals surface area contributed by atoms with Gasteiger partial charge in [0.25, 0.3) is 0 Å². The molecule has 1 aromatic heterocycles. The molecule has 1 aromatic carbocycles. The lowest BCUT2D eigenvalue weighted by atomic mass is 10.2. The van der Waals surface area contributed by atoms with Gasteiger partial charge in [-0.05, 0) is 37.7 Å². The van der Waals surface area contributed by atoms with Gasteiger partial charge >= 0.3 is 0 Å².